The number of nitrogens with one attached hydrogen (secondary N) is 1. The van der Waals surface area contributed by atoms with Crippen molar-refractivity contribution in [1.29, 1.82) is 0 Å². The molecule has 1 saturated heterocycles. The monoisotopic (exact) mass is 284 g/mol. The van der Waals surface area contributed by atoms with Crippen LogP contribution < -0.4 is 10.2 Å². The maximum absolute atomic E-state index is 4.78. The van der Waals surface area contributed by atoms with Crippen LogP contribution in [0.3, 0.4) is 0 Å². The van der Waals surface area contributed by atoms with Gasteiger partial charge >= 0.3 is 0 Å². The van der Waals surface area contributed by atoms with E-state index in [1.807, 2.05) is 30.5 Å². The molecule has 2 atom stereocenters. The smallest absolute Gasteiger partial charge is 0.147 e. The van der Waals surface area contributed by atoms with E-state index in [1.54, 1.807) is 0 Å². The molecule has 1 aromatic carbocycles. The van der Waals surface area contributed by atoms with Crippen LogP contribution in [0.2, 0.25) is 0 Å². The lowest BCUT2D eigenvalue weighted by molar-refractivity contribution is 0.323. The molecular formula is C17H24N4. The van der Waals surface area contributed by atoms with E-state index in [9.17, 15) is 0 Å². The molecule has 1 aliphatic heterocycles. The van der Waals surface area contributed by atoms with E-state index in [-0.39, 0.29) is 0 Å². The third kappa shape index (κ3) is 3.16. The Morgan fingerprint density at radius 3 is 2.95 bits per heavy atom. The highest BCUT2D eigenvalue weighted by atomic mass is 15.2. The summed E-state index contributed by atoms with van der Waals surface area (Å²) in [4.78, 5) is 11.7. The lowest BCUT2D eigenvalue weighted by Crippen LogP contribution is -2.44. The number of para-hydroxylation sites is 2. The summed E-state index contributed by atoms with van der Waals surface area (Å²) in [7, 11) is 0. The van der Waals surface area contributed by atoms with Gasteiger partial charge in [-0.15, -0.1) is 0 Å². The Morgan fingerprint density at radius 1 is 1.33 bits per heavy atom. The van der Waals surface area contributed by atoms with Crippen molar-refractivity contribution in [2.75, 3.05) is 24.5 Å². The molecule has 2 aromatic rings. The van der Waals surface area contributed by atoms with E-state index in [1.165, 1.54) is 12.8 Å². The van der Waals surface area contributed by atoms with Gasteiger partial charge < -0.3 is 10.2 Å². The fourth-order valence-electron chi connectivity index (χ4n) is 3.21. The molecule has 21 heavy (non-hydrogen) atoms. The highest BCUT2D eigenvalue weighted by Crippen LogP contribution is 2.24. The van der Waals surface area contributed by atoms with Crippen molar-refractivity contribution >= 4 is 16.9 Å². The minimum absolute atomic E-state index is 0.561. The van der Waals surface area contributed by atoms with Crippen LogP contribution >= 0.6 is 0 Å². The second kappa shape index (κ2) is 6.39. The van der Waals surface area contributed by atoms with Crippen LogP contribution in [-0.4, -0.2) is 35.6 Å². The Morgan fingerprint density at radius 2 is 2.14 bits per heavy atom. The molecule has 2 unspecified atom stereocenters. The van der Waals surface area contributed by atoms with Crippen molar-refractivity contribution in [2.45, 2.75) is 32.7 Å². The number of piperidine rings is 1. The van der Waals surface area contributed by atoms with E-state index in [2.05, 4.69) is 29.0 Å². The first-order valence-corrected chi connectivity index (χ1v) is 7.98. The first-order valence-electron chi connectivity index (χ1n) is 7.98. The van der Waals surface area contributed by atoms with Gasteiger partial charge in [0.15, 0.2) is 0 Å². The summed E-state index contributed by atoms with van der Waals surface area (Å²) >= 11 is 0. The first kappa shape index (κ1) is 14.3. The highest BCUT2D eigenvalue weighted by Gasteiger charge is 2.25. The van der Waals surface area contributed by atoms with Crippen molar-refractivity contribution < 1.29 is 0 Å². The van der Waals surface area contributed by atoms with Gasteiger partial charge in [0.25, 0.3) is 0 Å². The minimum Gasteiger partial charge on any atom is -0.355 e. The fourth-order valence-corrected chi connectivity index (χ4v) is 3.21. The molecule has 4 nitrogen and oxygen atoms in total. The summed E-state index contributed by atoms with van der Waals surface area (Å²) in [5.74, 6) is 1.70. The predicted molar refractivity (Wildman–Crippen MR) is 87.6 cm³/mol. The van der Waals surface area contributed by atoms with Gasteiger partial charge in [0.1, 0.15) is 5.82 Å². The molecule has 2 heterocycles. The van der Waals surface area contributed by atoms with Crippen LogP contribution in [0.5, 0.6) is 0 Å². The molecule has 3 rings (SSSR count). The Hall–Kier alpha value is -1.68. The molecule has 4 heteroatoms. The van der Waals surface area contributed by atoms with Gasteiger partial charge in [-0.05, 0) is 44.4 Å². The molecule has 0 aliphatic carbocycles. The summed E-state index contributed by atoms with van der Waals surface area (Å²) in [6, 6.07) is 8.64. The zero-order valence-electron chi connectivity index (χ0n) is 12.9. The zero-order valence-corrected chi connectivity index (χ0v) is 12.9. The van der Waals surface area contributed by atoms with E-state index in [0.717, 1.165) is 36.5 Å². The number of rotatable bonds is 4. The maximum atomic E-state index is 4.78. The van der Waals surface area contributed by atoms with E-state index >= 15 is 0 Å². The SMILES string of the molecule is CCNC(C)C1CCCN(c2cnc3ccccc3n2)C1. The number of hydrogen-bond donors (Lipinski definition) is 1. The third-order valence-electron chi connectivity index (χ3n) is 4.45. The van der Waals surface area contributed by atoms with Crippen LogP contribution in [0.4, 0.5) is 5.82 Å². The number of nitrogens with zero attached hydrogens (tertiary/aromatic N) is 3. The standard InChI is InChI=1S/C17H24N4/c1-3-18-13(2)14-7-6-10-21(12-14)17-11-19-15-8-4-5-9-16(15)20-17/h4-5,8-9,11,13-14,18H,3,6-7,10,12H2,1-2H3. The van der Waals surface area contributed by atoms with Crippen molar-refractivity contribution in [1.82, 2.24) is 15.3 Å². The Kier molecular flexibility index (Phi) is 4.34. The van der Waals surface area contributed by atoms with E-state index in [4.69, 9.17) is 4.98 Å². The second-order valence-corrected chi connectivity index (χ2v) is 5.91. The lowest BCUT2D eigenvalue weighted by Gasteiger charge is -2.36. The molecule has 1 N–H and O–H groups in total. The molecule has 1 fully saturated rings. The van der Waals surface area contributed by atoms with Crippen molar-refractivity contribution in [3.63, 3.8) is 0 Å². The predicted octanol–water partition coefficient (Wildman–Crippen LogP) is 2.84. The first-order chi connectivity index (χ1) is 10.3. The van der Waals surface area contributed by atoms with Crippen molar-refractivity contribution in [3.05, 3.63) is 30.5 Å². The zero-order chi connectivity index (χ0) is 14.7. The largest absolute Gasteiger partial charge is 0.355 e. The van der Waals surface area contributed by atoms with Gasteiger partial charge in [0.2, 0.25) is 0 Å². The Labute approximate surface area is 126 Å². The lowest BCUT2D eigenvalue weighted by atomic mass is 9.91. The van der Waals surface area contributed by atoms with E-state index in [0.29, 0.717) is 12.0 Å². The van der Waals surface area contributed by atoms with Crippen LogP contribution in [-0.2, 0) is 0 Å². The molecule has 0 spiro atoms. The van der Waals surface area contributed by atoms with Crippen molar-refractivity contribution in [3.8, 4) is 0 Å². The molecule has 112 valence electrons. The molecular weight excluding hydrogens is 260 g/mol. The van der Waals surface area contributed by atoms with Gasteiger partial charge in [-0.1, -0.05) is 19.1 Å². The molecule has 0 radical (unpaired) electrons. The van der Waals surface area contributed by atoms with Gasteiger partial charge in [-0.25, -0.2) is 4.98 Å². The summed E-state index contributed by atoms with van der Waals surface area (Å²) in [5, 5.41) is 3.55. The summed E-state index contributed by atoms with van der Waals surface area (Å²) < 4.78 is 0. The number of fused-ring (bicyclic) bond motifs is 1. The molecule has 0 bridgehead atoms. The number of aromatic nitrogens is 2. The summed E-state index contributed by atoms with van der Waals surface area (Å²) in [6.45, 7) is 7.66. The number of benzene rings is 1. The average molecular weight is 284 g/mol. The molecule has 0 amide bonds. The topological polar surface area (TPSA) is 41.0 Å². The number of anilines is 1. The molecule has 1 aromatic heterocycles. The Bertz CT molecular complexity index is 598. The van der Waals surface area contributed by atoms with E-state index < -0.39 is 0 Å². The second-order valence-electron chi connectivity index (χ2n) is 5.91. The van der Waals surface area contributed by atoms with Gasteiger partial charge in [-0.2, -0.15) is 0 Å². The maximum Gasteiger partial charge on any atom is 0.147 e. The van der Waals surface area contributed by atoms with Crippen molar-refractivity contribution in [2.24, 2.45) is 5.92 Å². The number of hydrogen-bond acceptors (Lipinski definition) is 4. The molecule has 1 aliphatic rings. The Balaban J connectivity index is 1.78. The minimum atomic E-state index is 0.561. The highest BCUT2D eigenvalue weighted by molar-refractivity contribution is 5.75. The summed E-state index contributed by atoms with van der Waals surface area (Å²) in [6.07, 6.45) is 4.45. The third-order valence-corrected chi connectivity index (χ3v) is 4.45. The van der Waals surface area contributed by atoms with Crippen LogP contribution in [0, 0.1) is 5.92 Å². The van der Waals surface area contributed by atoms with Crippen LogP contribution in [0.25, 0.3) is 11.0 Å². The molecule has 0 saturated carbocycles. The van der Waals surface area contributed by atoms with Gasteiger partial charge in [-0.3, -0.25) is 4.98 Å². The fraction of sp³-hybridized carbons (Fsp3) is 0.529. The van der Waals surface area contributed by atoms with Gasteiger partial charge in [0.05, 0.1) is 17.2 Å². The van der Waals surface area contributed by atoms with Crippen LogP contribution in [0.15, 0.2) is 30.5 Å². The van der Waals surface area contributed by atoms with Gasteiger partial charge in [0, 0.05) is 19.1 Å². The summed E-state index contributed by atoms with van der Waals surface area (Å²) in [5.41, 5.74) is 1.95. The quantitative estimate of drug-likeness (QED) is 0.937. The average Bonchev–Trinajstić information content (AvgIpc) is 2.55. The normalized spacial score (nSPS) is 20.7. The van der Waals surface area contributed by atoms with Crippen LogP contribution in [0.1, 0.15) is 26.7 Å².